The number of nitrogens with one attached hydrogen (secondary N) is 1. The summed E-state index contributed by atoms with van der Waals surface area (Å²) in [6.07, 6.45) is 0. The second kappa shape index (κ2) is 2.24. The van der Waals surface area contributed by atoms with Gasteiger partial charge in [0.15, 0.2) is 0 Å². The highest BCUT2D eigenvalue weighted by molar-refractivity contribution is 6.02. The van der Waals surface area contributed by atoms with E-state index in [0.717, 1.165) is 11.3 Å². The van der Waals surface area contributed by atoms with Crippen LogP contribution in [-0.2, 0) is 4.79 Å². The minimum Gasteiger partial charge on any atom is -0.399 e. The molecule has 2 rings (SSSR count). The van der Waals surface area contributed by atoms with Crippen LogP contribution in [0.2, 0.25) is 0 Å². The SMILES string of the molecule is C[C@H]1C(=O)Nc2ccc(N)cc21. The minimum atomic E-state index is -0.0662. The zero-order valence-electron chi connectivity index (χ0n) is 6.79. The maximum absolute atomic E-state index is 11.2. The van der Waals surface area contributed by atoms with E-state index in [4.69, 9.17) is 5.73 Å². The van der Waals surface area contributed by atoms with E-state index in [2.05, 4.69) is 5.32 Å². The summed E-state index contributed by atoms with van der Waals surface area (Å²) in [4.78, 5) is 11.2. The number of anilines is 2. The zero-order valence-corrected chi connectivity index (χ0v) is 6.79. The predicted octanol–water partition coefficient (Wildman–Crippen LogP) is 1.32. The Morgan fingerprint density at radius 1 is 1.50 bits per heavy atom. The number of fused-ring (bicyclic) bond motifs is 1. The van der Waals surface area contributed by atoms with Crippen LogP contribution in [0.5, 0.6) is 0 Å². The van der Waals surface area contributed by atoms with Gasteiger partial charge in [-0.05, 0) is 30.7 Å². The molecule has 1 aliphatic rings. The van der Waals surface area contributed by atoms with E-state index in [1.165, 1.54) is 0 Å². The third-order valence-corrected chi connectivity index (χ3v) is 2.19. The lowest BCUT2D eigenvalue weighted by atomic mass is 10.0. The number of carbonyl (C=O) groups is 1. The fourth-order valence-electron chi connectivity index (χ4n) is 1.44. The van der Waals surface area contributed by atoms with Gasteiger partial charge in [-0.15, -0.1) is 0 Å². The maximum atomic E-state index is 11.2. The smallest absolute Gasteiger partial charge is 0.231 e. The summed E-state index contributed by atoms with van der Waals surface area (Å²) >= 11 is 0. The first-order valence-electron chi connectivity index (χ1n) is 3.89. The molecule has 0 aromatic heterocycles. The van der Waals surface area contributed by atoms with E-state index in [0.29, 0.717) is 5.69 Å². The normalized spacial score (nSPS) is 20.4. The number of nitrogen functional groups attached to an aromatic ring is 1. The minimum absolute atomic E-state index is 0.0515. The number of benzene rings is 1. The molecule has 0 saturated carbocycles. The summed E-state index contributed by atoms with van der Waals surface area (Å²) in [5, 5.41) is 2.78. The zero-order chi connectivity index (χ0) is 8.72. The fourth-order valence-corrected chi connectivity index (χ4v) is 1.44. The number of hydrogen-bond acceptors (Lipinski definition) is 2. The second-order valence-corrected chi connectivity index (χ2v) is 3.06. The van der Waals surface area contributed by atoms with Crippen molar-refractivity contribution in [3.05, 3.63) is 23.8 Å². The van der Waals surface area contributed by atoms with Gasteiger partial charge < -0.3 is 11.1 Å². The van der Waals surface area contributed by atoms with Gasteiger partial charge >= 0.3 is 0 Å². The molecule has 0 aliphatic carbocycles. The first kappa shape index (κ1) is 7.16. The highest BCUT2D eigenvalue weighted by Gasteiger charge is 2.25. The van der Waals surface area contributed by atoms with Gasteiger partial charge in [-0.2, -0.15) is 0 Å². The molecule has 3 nitrogen and oxygen atoms in total. The molecule has 1 aromatic carbocycles. The van der Waals surface area contributed by atoms with E-state index in [1.54, 1.807) is 6.07 Å². The molecule has 0 radical (unpaired) electrons. The van der Waals surface area contributed by atoms with E-state index in [1.807, 2.05) is 19.1 Å². The van der Waals surface area contributed by atoms with Gasteiger partial charge in [-0.25, -0.2) is 0 Å². The van der Waals surface area contributed by atoms with Crippen LogP contribution >= 0.6 is 0 Å². The Hall–Kier alpha value is -1.51. The first-order chi connectivity index (χ1) is 5.68. The highest BCUT2D eigenvalue weighted by Crippen LogP contribution is 2.32. The Morgan fingerprint density at radius 3 is 3.00 bits per heavy atom. The van der Waals surface area contributed by atoms with Crippen LogP contribution in [0.15, 0.2) is 18.2 Å². The Morgan fingerprint density at radius 2 is 2.25 bits per heavy atom. The average molecular weight is 162 g/mol. The molecule has 1 heterocycles. The van der Waals surface area contributed by atoms with E-state index >= 15 is 0 Å². The fraction of sp³-hybridized carbons (Fsp3) is 0.222. The van der Waals surface area contributed by atoms with Crippen molar-refractivity contribution < 1.29 is 4.79 Å². The summed E-state index contributed by atoms with van der Waals surface area (Å²) in [5.41, 5.74) is 8.20. The van der Waals surface area contributed by atoms with Crippen LogP contribution in [0.25, 0.3) is 0 Å². The van der Waals surface area contributed by atoms with Crippen molar-refractivity contribution in [2.45, 2.75) is 12.8 Å². The van der Waals surface area contributed by atoms with Crippen LogP contribution in [0.3, 0.4) is 0 Å². The number of nitrogens with two attached hydrogens (primary N) is 1. The van der Waals surface area contributed by atoms with Crippen LogP contribution in [0.1, 0.15) is 18.4 Å². The lowest BCUT2D eigenvalue weighted by molar-refractivity contribution is -0.116. The van der Waals surface area contributed by atoms with E-state index in [9.17, 15) is 4.79 Å². The standard InChI is InChI=1S/C9H10N2O/c1-5-7-4-6(10)2-3-8(7)11-9(5)12/h2-5H,10H2,1H3,(H,11,12)/t5-/m1/s1. The maximum Gasteiger partial charge on any atom is 0.231 e. The van der Waals surface area contributed by atoms with Crippen molar-refractivity contribution in [3.8, 4) is 0 Å². The van der Waals surface area contributed by atoms with Crippen LogP contribution in [0, 0.1) is 0 Å². The predicted molar refractivity (Wildman–Crippen MR) is 47.9 cm³/mol. The summed E-state index contributed by atoms with van der Waals surface area (Å²) in [6, 6.07) is 5.47. The quantitative estimate of drug-likeness (QED) is 0.565. The van der Waals surface area contributed by atoms with Crippen molar-refractivity contribution in [1.29, 1.82) is 0 Å². The van der Waals surface area contributed by atoms with E-state index in [-0.39, 0.29) is 11.8 Å². The Balaban J connectivity index is 2.55. The van der Waals surface area contributed by atoms with Gasteiger partial charge in [0.1, 0.15) is 0 Å². The molecule has 1 aromatic rings. The van der Waals surface area contributed by atoms with Crippen LogP contribution < -0.4 is 11.1 Å². The molecular weight excluding hydrogens is 152 g/mol. The van der Waals surface area contributed by atoms with E-state index < -0.39 is 0 Å². The number of rotatable bonds is 0. The van der Waals surface area contributed by atoms with Crippen molar-refractivity contribution in [2.24, 2.45) is 0 Å². The van der Waals surface area contributed by atoms with Crippen molar-refractivity contribution >= 4 is 17.3 Å². The molecule has 1 amide bonds. The summed E-state index contributed by atoms with van der Waals surface area (Å²) in [6.45, 7) is 1.88. The molecule has 0 spiro atoms. The summed E-state index contributed by atoms with van der Waals surface area (Å²) < 4.78 is 0. The van der Waals surface area contributed by atoms with Crippen molar-refractivity contribution in [3.63, 3.8) is 0 Å². The van der Waals surface area contributed by atoms with Gasteiger partial charge in [-0.3, -0.25) is 4.79 Å². The molecule has 0 bridgehead atoms. The molecule has 0 fully saturated rings. The molecule has 12 heavy (non-hydrogen) atoms. The monoisotopic (exact) mass is 162 g/mol. The molecule has 1 atom stereocenters. The van der Waals surface area contributed by atoms with Gasteiger partial charge in [0.25, 0.3) is 0 Å². The van der Waals surface area contributed by atoms with Gasteiger partial charge in [0.2, 0.25) is 5.91 Å². The van der Waals surface area contributed by atoms with Gasteiger partial charge in [0, 0.05) is 11.4 Å². The van der Waals surface area contributed by atoms with Gasteiger partial charge in [-0.1, -0.05) is 0 Å². The molecule has 0 saturated heterocycles. The second-order valence-electron chi connectivity index (χ2n) is 3.06. The van der Waals surface area contributed by atoms with Gasteiger partial charge in [0.05, 0.1) is 5.92 Å². The van der Waals surface area contributed by atoms with Crippen molar-refractivity contribution in [2.75, 3.05) is 11.1 Å². The Labute approximate surface area is 70.6 Å². The topological polar surface area (TPSA) is 55.1 Å². The van der Waals surface area contributed by atoms with Crippen LogP contribution in [-0.4, -0.2) is 5.91 Å². The van der Waals surface area contributed by atoms with Crippen LogP contribution in [0.4, 0.5) is 11.4 Å². The molecular formula is C9H10N2O. The lowest BCUT2D eigenvalue weighted by Crippen LogP contribution is -2.08. The van der Waals surface area contributed by atoms with Crippen molar-refractivity contribution in [1.82, 2.24) is 0 Å². The highest BCUT2D eigenvalue weighted by atomic mass is 16.2. The number of amides is 1. The molecule has 0 unspecified atom stereocenters. The Kier molecular flexibility index (Phi) is 1.33. The third-order valence-electron chi connectivity index (χ3n) is 2.19. The molecule has 3 N–H and O–H groups in total. The molecule has 3 heteroatoms. The first-order valence-corrected chi connectivity index (χ1v) is 3.89. The summed E-state index contributed by atoms with van der Waals surface area (Å²) in [5.74, 6) is -0.0147. The summed E-state index contributed by atoms with van der Waals surface area (Å²) in [7, 11) is 0. The average Bonchev–Trinajstić information content (AvgIpc) is 2.31. The number of carbonyl (C=O) groups excluding carboxylic acids is 1. The lowest BCUT2D eigenvalue weighted by Gasteiger charge is -2.00. The Bertz CT molecular complexity index is 346. The number of hydrogen-bond donors (Lipinski definition) is 2. The largest absolute Gasteiger partial charge is 0.399 e. The molecule has 62 valence electrons. The third kappa shape index (κ3) is 0.863. The molecule has 1 aliphatic heterocycles.